The van der Waals surface area contributed by atoms with Crippen molar-refractivity contribution in [2.75, 3.05) is 31.9 Å². The van der Waals surface area contributed by atoms with Crippen molar-refractivity contribution in [1.82, 2.24) is 9.80 Å². The first-order chi connectivity index (χ1) is 13.4. The Morgan fingerprint density at radius 3 is 1.96 bits per heavy atom. The number of hydrogen-bond acceptors (Lipinski definition) is 5. The van der Waals surface area contributed by atoms with Crippen molar-refractivity contribution < 1.29 is 14.5 Å². The van der Waals surface area contributed by atoms with Crippen LogP contribution in [0.2, 0.25) is 0 Å². The molecule has 2 N–H and O–H groups in total. The Hall–Kier alpha value is -3.42. The molecular weight excluding hydrogens is 360 g/mol. The third-order valence-electron chi connectivity index (χ3n) is 4.94. The molecule has 0 spiro atoms. The number of hydrogen-bond donors (Lipinski definition) is 1. The second kappa shape index (κ2) is 8.08. The number of anilines is 1. The van der Waals surface area contributed by atoms with Crippen molar-refractivity contribution in [1.29, 1.82) is 0 Å². The van der Waals surface area contributed by atoms with E-state index in [0.29, 0.717) is 31.7 Å². The summed E-state index contributed by atoms with van der Waals surface area (Å²) in [4.78, 5) is 39.0. The summed E-state index contributed by atoms with van der Waals surface area (Å²) in [5.74, 6) is -0.361. The van der Waals surface area contributed by atoms with Gasteiger partial charge in [0, 0.05) is 43.4 Å². The van der Waals surface area contributed by atoms with Crippen LogP contribution in [0.25, 0.3) is 0 Å². The van der Waals surface area contributed by atoms with Crippen molar-refractivity contribution in [3.63, 3.8) is 0 Å². The van der Waals surface area contributed by atoms with Crippen molar-refractivity contribution in [2.45, 2.75) is 13.3 Å². The van der Waals surface area contributed by atoms with Crippen LogP contribution >= 0.6 is 0 Å². The van der Waals surface area contributed by atoms with Crippen LogP contribution in [0.3, 0.4) is 0 Å². The summed E-state index contributed by atoms with van der Waals surface area (Å²) < 4.78 is 0. The number of carbonyl (C=O) groups is 2. The van der Waals surface area contributed by atoms with E-state index in [0.717, 1.165) is 6.42 Å². The third kappa shape index (κ3) is 3.95. The molecule has 0 unspecified atom stereocenters. The highest BCUT2D eigenvalue weighted by Crippen LogP contribution is 2.23. The topological polar surface area (TPSA) is 110 Å². The van der Waals surface area contributed by atoms with E-state index >= 15 is 0 Å². The van der Waals surface area contributed by atoms with Crippen molar-refractivity contribution in [3.8, 4) is 0 Å². The molecule has 1 fully saturated rings. The predicted molar refractivity (Wildman–Crippen MR) is 105 cm³/mol. The van der Waals surface area contributed by atoms with Gasteiger partial charge in [0.05, 0.1) is 4.92 Å². The van der Waals surface area contributed by atoms with E-state index in [9.17, 15) is 19.7 Å². The monoisotopic (exact) mass is 382 g/mol. The molecule has 1 aliphatic heterocycles. The number of nitrogens with two attached hydrogens (primary N) is 1. The Bertz CT molecular complexity index is 903. The van der Waals surface area contributed by atoms with Gasteiger partial charge in [-0.15, -0.1) is 0 Å². The Balaban J connectivity index is 1.64. The van der Waals surface area contributed by atoms with Crippen LogP contribution in [0.5, 0.6) is 0 Å². The fourth-order valence-electron chi connectivity index (χ4n) is 3.20. The second-order valence-electron chi connectivity index (χ2n) is 6.67. The van der Waals surface area contributed by atoms with Crippen LogP contribution in [0.4, 0.5) is 11.4 Å². The second-order valence-corrected chi connectivity index (χ2v) is 6.67. The Morgan fingerprint density at radius 1 is 0.964 bits per heavy atom. The summed E-state index contributed by atoms with van der Waals surface area (Å²) in [6.07, 6.45) is 0.915. The highest BCUT2D eigenvalue weighted by Gasteiger charge is 2.26. The number of benzene rings is 2. The zero-order chi connectivity index (χ0) is 20.3. The minimum atomic E-state index is -0.605. The SMILES string of the molecule is CCc1ccc(C(=O)N2CCN(C(=O)c3ccc(N)c([N+](=O)[O-])c3)CC2)cc1. The quantitative estimate of drug-likeness (QED) is 0.496. The smallest absolute Gasteiger partial charge is 0.292 e. The van der Waals surface area contributed by atoms with Crippen molar-refractivity contribution in [3.05, 3.63) is 69.3 Å². The molecule has 2 aromatic rings. The van der Waals surface area contributed by atoms with Crippen LogP contribution < -0.4 is 5.73 Å². The van der Waals surface area contributed by atoms with Gasteiger partial charge < -0.3 is 15.5 Å². The summed E-state index contributed by atoms with van der Waals surface area (Å²) in [7, 11) is 0. The van der Waals surface area contributed by atoms with Gasteiger partial charge in [-0.25, -0.2) is 0 Å². The molecule has 1 heterocycles. The number of nitrogens with zero attached hydrogens (tertiary/aromatic N) is 3. The number of aryl methyl sites for hydroxylation is 1. The van der Waals surface area contributed by atoms with E-state index in [1.807, 2.05) is 24.3 Å². The minimum absolute atomic E-state index is 0.0195. The van der Waals surface area contributed by atoms with Gasteiger partial charge in [0.25, 0.3) is 17.5 Å². The summed E-state index contributed by atoms with van der Waals surface area (Å²) in [5.41, 5.74) is 7.34. The molecule has 2 amide bonds. The summed E-state index contributed by atoms with van der Waals surface area (Å²) in [6, 6.07) is 11.6. The largest absolute Gasteiger partial charge is 0.393 e. The first-order valence-corrected chi connectivity index (χ1v) is 9.12. The fourth-order valence-corrected chi connectivity index (χ4v) is 3.20. The number of carbonyl (C=O) groups excluding carboxylic acids is 2. The molecular formula is C20H22N4O4. The van der Waals surface area contributed by atoms with Crippen LogP contribution in [0.15, 0.2) is 42.5 Å². The zero-order valence-electron chi connectivity index (χ0n) is 15.6. The number of piperazine rings is 1. The van der Waals surface area contributed by atoms with Crippen LogP contribution in [-0.4, -0.2) is 52.7 Å². The van der Waals surface area contributed by atoms with Gasteiger partial charge in [-0.3, -0.25) is 19.7 Å². The van der Waals surface area contributed by atoms with Gasteiger partial charge in [-0.2, -0.15) is 0 Å². The lowest BCUT2D eigenvalue weighted by Gasteiger charge is -2.35. The van der Waals surface area contributed by atoms with E-state index in [1.54, 1.807) is 9.80 Å². The van der Waals surface area contributed by atoms with E-state index in [4.69, 9.17) is 5.73 Å². The molecule has 0 atom stereocenters. The standard InChI is InChI=1S/C20H22N4O4/c1-2-14-3-5-15(6-4-14)19(25)22-9-11-23(12-10-22)20(26)16-7-8-17(21)18(13-16)24(27)28/h3-8,13H,2,9-12,21H2,1H3. The lowest BCUT2D eigenvalue weighted by Crippen LogP contribution is -2.50. The molecule has 0 radical (unpaired) electrons. The molecule has 8 heteroatoms. The Morgan fingerprint density at radius 2 is 1.46 bits per heavy atom. The third-order valence-corrected chi connectivity index (χ3v) is 4.94. The molecule has 0 aliphatic carbocycles. The van der Waals surface area contributed by atoms with E-state index < -0.39 is 4.92 Å². The zero-order valence-corrected chi connectivity index (χ0v) is 15.6. The fraction of sp³-hybridized carbons (Fsp3) is 0.300. The van der Waals surface area contributed by atoms with E-state index in [-0.39, 0.29) is 28.8 Å². The van der Waals surface area contributed by atoms with Gasteiger partial charge in [0.15, 0.2) is 0 Å². The molecule has 28 heavy (non-hydrogen) atoms. The summed E-state index contributed by atoms with van der Waals surface area (Å²) >= 11 is 0. The lowest BCUT2D eigenvalue weighted by molar-refractivity contribution is -0.383. The van der Waals surface area contributed by atoms with Gasteiger partial charge in [0.2, 0.25) is 0 Å². The molecule has 0 aromatic heterocycles. The maximum Gasteiger partial charge on any atom is 0.292 e. The first-order valence-electron chi connectivity index (χ1n) is 9.12. The molecule has 0 bridgehead atoms. The highest BCUT2D eigenvalue weighted by atomic mass is 16.6. The Labute approximate surface area is 162 Å². The lowest BCUT2D eigenvalue weighted by atomic mass is 10.1. The average Bonchev–Trinajstić information content (AvgIpc) is 2.73. The molecule has 1 saturated heterocycles. The molecule has 1 aliphatic rings. The Kier molecular flexibility index (Phi) is 5.58. The number of amides is 2. The van der Waals surface area contributed by atoms with Gasteiger partial charge in [-0.05, 0) is 36.2 Å². The summed E-state index contributed by atoms with van der Waals surface area (Å²) in [6.45, 7) is 3.63. The van der Waals surface area contributed by atoms with Gasteiger partial charge in [0.1, 0.15) is 5.69 Å². The molecule has 0 saturated carbocycles. The maximum absolute atomic E-state index is 12.7. The number of nitrogen functional groups attached to an aromatic ring is 1. The van der Waals surface area contributed by atoms with E-state index in [1.165, 1.54) is 23.8 Å². The van der Waals surface area contributed by atoms with Crippen LogP contribution in [0, 0.1) is 10.1 Å². The first kappa shape index (κ1) is 19.3. The van der Waals surface area contributed by atoms with Crippen LogP contribution in [0.1, 0.15) is 33.2 Å². The number of rotatable bonds is 4. The average molecular weight is 382 g/mol. The summed E-state index contributed by atoms with van der Waals surface area (Å²) in [5, 5.41) is 11.0. The maximum atomic E-state index is 12.7. The number of nitro benzene ring substituents is 1. The van der Waals surface area contributed by atoms with Crippen molar-refractivity contribution in [2.24, 2.45) is 0 Å². The normalized spacial score (nSPS) is 14.0. The number of nitro groups is 1. The molecule has 8 nitrogen and oxygen atoms in total. The highest BCUT2D eigenvalue weighted by molar-refractivity contribution is 5.96. The van der Waals surface area contributed by atoms with Crippen molar-refractivity contribution >= 4 is 23.2 Å². The van der Waals surface area contributed by atoms with Gasteiger partial charge in [-0.1, -0.05) is 19.1 Å². The van der Waals surface area contributed by atoms with Gasteiger partial charge >= 0.3 is 0 Å². The van der Waals surface area contributed by atoms with E-state index in [2.05, 4.69) is 6.92 Å². The minimum Gasteiger partial charge on any atom is -0.393 e. The molecule has 146 valence electrons. The predicted octanol–water partition coefficient (Wildman–Crippen LogP) is 2.34. The molecule has 2 aromatic carbocycles. The van der Waals surface area contributed by atoms with Crippen LogP contribution in [-0.2, 0) is 6.42 Å². The molecule has 3 rings (SSSR count).